The molecule has 0 unspecified atom stereocenters. The number of amides is 6. The maximum absolute atomic E-state index is 13.8. The molecule has 6 aliphatic heterocycles. The Morgan fingerprint density at radius 2 is 0.391 bits per heavy atom. The van der Waals surface area contributed by atoms with Gasteiger partial charge >= 0.3 is 71.6 Å². The summed E-state index contributed by atoms with van der Waals surface area (Å²) in [5, 5.41) is 89.1. The van der Waals surface area contributed by atoms with Crippen molar-refractivity contribution in [3.05, 3.63) is 0 Å². The van der Waals surface area contributed by atoms with E-state index in [9.17, 15) is 122 Å². The van der Waals surface area contributed by atoms with E-state index in [0.29, 0.717) is 13.8 Å². The van der Waals surface area contributed by atoms with Gasteiger partial charge in [-0.25, -0.2) is 28.8 Å². The van der Waals surface area contributed by atoms with Crippen LogP contribution in [0.2, 0.25) is 0 Å². The molecule has 0 aromatic heterocycles. The highest BCUT2D eigenvalue weighted by atomic mass is 16.8. The van der Waals surface area contributed by atoms with Crippen LogP contribution in [0.15, 0.2) is 0 Å². The molecule has 6 rings (SSSR count). The van der Waals surface area contributed by atoms with Crippen LogP contribution in [0.25, 0.3) is 0 Å². The van der Waals surface area contributed by atoms with Crippen molar-refractivity contribution in [3.63, 3.8) is 0 Å². The number of aliphatic hydroxyl groups excluding tert-OH is 1. The number of carboxylic acid groups (broad SMARTS) is 6. The average Bonchev–Trinajstić information content (AvgIpc) is 0.752. The predicted molar refractivity (Wildman–Crippen MR) is 334 cm³/mol. The minimum Gasteiger partial charge on any atom is -0.479 e. The first-order chi connectivity index (χ1) is 51.3. The molecule has 49 nitrogen and oxygen atoms in total. The van der Waals surface area contributed by atoms with Gasteiger partial charge in [-0.1, -0.05) is 0 Å². The van der Waals surface area contributed by atoms with Crippen LogP contribution in [0.3, 0.4) is 0 Å². The lowest BCUT2D eigenvalue weighted by molar-refractivity contribution is -0.361. The number of esters is 6. The van der Waals surface area contributed by atoms with Crippen LogP contribution < -0.4 is 31.9 Å². The maximum Gasteiger partial charge on any atom is 0.335 e. The van der Waals surface area contributed by atoms with E-state index in [-0.39, 0.29) is 0 Å². The van der Waals surface area contributed by atoms with Crippen LogP contribution in [-0.4, -0.2) is 334 Å². The van der Waals surface area contributed by atoms with Gasteiger partial charge in [-0.2, -0.15) is 0 Å². The number of nitrogens with one attached hydrogen (secondary N) is 6. The van der Waals surface area contributed by atoms with Crippen molar-refractivity contribution in [2.75, 3.05) is 7.11 Å². The van der Waals surface area contributed by atoms with Crippen molar-refractivity contribution in [2.24, 2.45) is 0 Å². The SMILES string of the molecule is CO[C@@H]1[C@H](OC(C)=O)[C@@H](NC(C)=O)[C@@H](O[C@@H]2[C@H](OC(C)=O)[C@@H](NC(C)=O)[C@@H](O[C@@H]3[C@H](OC(C)=O)[C@@H](NC(C)=O)[C@@H](O[C@@H]4[C@H](OC(C)=O)[C@@H](NC(C)=O)[C@@H](O[C@@H]5[C@H](OC(C)=O)[C@@H](NC(C)=O)[C@@H](O[C@@H]6[C@H](OC(C)=O)[C@@H](NC(C)=O)[C@@H](O)O[C@@H]6C(=O)O)O[C@@H]5C(=O)O)O[C@@H]4C(=O)O)O[C@@H]3C(=O)O)O[C@@H]2C(=O)O)O[C@@H]1C(=O)O. The molecular formula is C61H82N6O43. The molecule has 110 heavy (non-hydrogen) atoms. The van der Waals surface area contributed by atoms with E-state index in [4.69, 9.17) is 85.3 Å². The molecule has 49 heteroatoms. The summed E-state index contributed by atoms with van der Waals surface area (Å²) in [7, 11) is 0.969. The third-order valence-corrected chi connectivity index (χ3v) is 16.5. The molecule has 0 spiro atoms. The van der Waals surface area contributed by atoms with E-state index >= 15 is 0 Å². The Kier molecular flexibility index (Phi) is 30.7. The van der Waals surface area contributed by atoms with Gasteiger partial charge < -0.3 is 153 Å². The smallest absolute Gasteiger partial charge is 0.335 e. The number of methoxy groups -OCH3 is 1. The minimum absolute atomic E-state index is 0.691. The van der Waals surface area contributed by atoms with Crippen molar-refractivity contribution in [3.8, 4) is 0 Å². The molecule has 0 bridgehead atoms. The van der Waals surface area contributed by atoms with Crippen molar-refractivity contribution in [1.82, 2.24) is 31.9 Å². The number of carbonyl (C=O) groups excluding carboxylic acids is 12. The Morgan fingerprint density at radius 1 is 0.236 bits per heavy atom. The van der Waals surface area contributed by atoms with Gasteiger partial charge in [0.05, 0.1) is 0 Å². The number of carbonyl (C=O) groups is 18. The number of carboxylic acids is 6. The fourth-order valence-electron chi connectivity index (χ4n) is 12.9. The third-order valence-electron chi connectivity index (χ3n) is 16.5. The first-order valence-electron chi connectivity index (χ1n) is 32.7. The lowest BCUT2D eigenvalue weighted by Crippen LogP contribution is -2.74. The molecule has 0 aromatic carbocycles. The first kappa shape index (κ1) is 88.8. The number of hydrogen-bond acceptors (Lipinski definition) is 37. The quantitative estimate of drug-likeness (QED) is 0.0244. The first-order valence-corrected chi connectivity index (χ1v) is 32.7. The molecule has 0 radical (unpaired) electrons. The Balaban J connectivity index is 1.47. The molecule has 0 saturated carbocycles. The van der Waals surface area contributed by atoms with E-state index in [2.05, 4.69) is 31.9 Å². The fourth-order valence-corrected chi connectivity index (χ4v) is 12.9. The van der Waals surface area contributed by atoms with Crippen LogP contribution in [0.4, 0.5) is 0 Å². The van der Waals surface area contributed by atoms with E-state index in [0.717, 1.165) is 76.3 Å². The van der Waals surface area contributed by atoms with Crippen LogP contribution >= 0.6 is 0 Å². The van der Waals surface area contributed by atoms with Crippen LogP contribution in [-0.2, 0) is 172 Å². The molecule has 0 aliphatic carbocycles. The average molecular weight is 1590 g/mol. The zero-order valence-corrected chi connectivity index (χ0v) is 60.1. The Morgan fingerprint density at radius 3 is 0.555 bits per heavy atom. The van der Waals surface area contributed by atoms with Crippen molar-refractivity contribution < 1.29 is 207 Å². The summed E-state index contributed by atoms with van der Waals surface area (Å²) in [6.45, 7) is 9.61. The van der Waals surface area contributed by atoms with E-state index in [1.54, 1.807) is 0 Å². The highest BCUT2D eigenvalue weighted by molar-refractivity contribution is 5.80. The molecule has 614 valence electrons. The summed E-state index contributed by atoms with van der Waals surface area (Å²) < 4.78 is 103. The number of aliphatic hydroxyl groups is 1. The monoisotopic (exact) mass is 1590 g/mol. The van der Waals surface area contributed by atoms with Gasteiger partial charge in [0.1, 0.15) is 72.9 Å². The molecular weight excluding hydrogens is 1500 g/mol. The molecule has 6 aliphatic rings. The molecule has 6 saturated heterocycles. The molecule has 6 fully saturated rings. The minimum atomic E-state index is -2.82. The van der Waals surface area contributed by atoms with Gasteiger partial charge in [0.25, 0.3) is 0 Å². The van der Waals surface area contributed by atoms with Gasteiger partial charge in [0.15, 0.2) is 111 Å². The van der Waals surface area contributed by atoms with Crippen LogP contribution in [0.5, 0.6) is 0 Å². The Labute approximate surface area is 618 Å². The summed E-state index contributed by atoms with van der Waals surface area (Å²) in [5.41, 5.74) is 0. The summed E-state index contributed by atoms with van der Waals surface area (Å²) in [4.78, 5) is 237. The van der Waals surface area contributed by atoms with Crippen LogP contribution in [0.1, 0.15) is 83.1 Å². The van der Waals surface area contributed by atoms with E-state index in [1.165, 1.54) is 0 Å². The number of ether oxygens (including phenoxy) is 18. The van der Waals surface area contributed by atoms with Crippen LogP contribution in [0, 0.1) is 0 Å². The highest BCUT2D eigenvalue weighted by Crippen LogP contribution is 2.41. The van der Waals surface area contributed by atoms with E-state index in [1.807, 2.05) is 0 Å². The second kappa shape index (κ2) is 38.0. The topological polar surface area (TPSA) is 687 Å². The number of rotatable bonds is 29. The van der Waals surface area contributed by atoms with Gasteiger partial charge in [-0.15, -0.1) is 0 Å². The van der Waals surface area contributed by atoms with Gasteiger partial charge in [-0.05, 0) is 0 Å². The lowest BCUT2D eigenvalue weighted by atomic mass is 9.92. The normalized spacial score (nSPS) is 36.1. The largest absolute Gasteiger partial charge is 0.479 e. The van der Waals surface area contributed by atoms with Crippen molar-refractivity contribution in [2.45, 2.75) is 267 Å². The van der Waals surface area contributed by atoms with Crippen molar-refractivity contribution in [1.29, 1.82) is 0 Å². The lowest BCUT2D eigenvalue weighted by Gasteiger charge is -2.51. The second-order valence-electron chi connectivity index (χ2n) is 25.1. The molecule has 6 heterocycles. The predicted octanol–water partition coefficient (Wildman–Crippen LogP) is -8.60. The summed E-state index contributed by atoms with van der Waals surface area (Å²) in [6, 6.07) is -12.8. The Bertz CT molecular complexity index is 3520. The van der Waals surface area contributed by atoms with Gasteiger partial charge in [0, 0.05) is 90.2 Å². The molecule has 13 N–H and O–H groups in total. The van der Waals surface area contributed by atoms with Crippen molar-refractivity contribution >= 4 is 107 Å². The fraction of sp³-hybridized carbons (Fsp3) is 0.705. The third kappa shape index (κ3) is 22.1. The molecule has 30 atom stereocenters. The Hall–Kier alpha value is -10.1. The standard InChI is InChI=1S/C61H82N6O43/c1-14(68)62-26-32(94-20(7)74)39(45(51(82)83)100-56(26)92)101-58-28(64-16(3)70)34(96-22(9)76)41(47(107-58)53(86)87)103-60-30(66-18(5)72)36(98-24(11)78)43(49(109-60)55(90)91)105-61-31(67-19(6)73)37(99-25(12)79)42(48(110-61)54(88)89)104-59-29(65-17(4)71)35(97-23(10)77)40(46(108-59)52(84)85)102-57-27(63-15(2)69)33(95-21(8)75)38(93-13)44(106-57)50(80)81/h26-49,56-61,92H,1-13H3,(H,62,68)(H,63,69)(H,64,70)(H,65,71)(H,66,72)(H,67,73)(H,80,81)(H,82,83)(H,84,85)(H,86,87)(H,88,89)(H,90,91)/t26-,27-,28-,29-,30-,31-,32-,33-,34-,35-,36-,37-,38-,39-,40-,41-,42-,43-,44+,45+,46+,47+,48+,49+,56+,57+,58+,59+,60+,61+/m1/s1. The van der Waals surface area contributed by atoms with E-state index < -0.39 is 291 Å². The maximum atomic E-state index is 13.8. The molecule has 6 amide bonds. The summed E-state index contributed by atoms with van der Waals surface area (Å²) in [6.07, 6.45) is -58.4. The zero-order chi connectivity index (χ0) is 82.7. The molecule has 0 aromatic rings. The number of hydrogen-bond donors (Lipinski definition) is 13. The van der Waals surface area contributed by atoms with Gasteiger partial charge in [-0.3, -0.25) is 57.5 Å². The summed E-state index contributed by atoms with van der Waals surface area (Å²) in [5.74, 6) is -26.7. The van der Waals surface area contributed by atoms with Gasteiger partial charge in [0.2, 0.25) is 35.4 Å². The second-order valence-corrected chi connectivity index (χ2v) is 25.1. The number of aliphatic carboxylic acids is 6. The summed E-state index contributed by atoms with van der Waals surface area (Å²) >= 11 is 0. The zero-order valence-electron chi connectivity index (χ0n) is 60.1. The highest BCUT2D eigenvalue weighted by Gasteiger charge is 2.65.